The standard InChI is InChI=1S/C15H30O/c1-8-10(3)11(4)12(5)13(6)15(9-2)14(7)16/h10-13,15H,8-9H2,1-7H3. The monoisotopic (exact) mass is 226 g/mol. The smallest absolute Gasteiger partial charge is 0.133 e. The van der Waals surface area contributed by atoms with Crippen LogP contribution in [0.4, 0.5) is 0 Å². The second-order valence-electron chi connectivity index (χ2n) is 5.59. The summed E-state index contributed by atoms with van der Waals surface area (Å²) in [5.41, 5.74) is 0. The van der Waals surface area contributed by atoms with E-state index in [0.29, 0.717) is 23.5 Å². The molecule has 0 aliphatic rings. The van der Waals surface area contributed by atoms with E-state index >= 15 is 0 Å². The van der Waals surface area contributed by atoms with Gasteiger partial charge in [0.2, 0.25) is 0 Å². The van der Waals surface area contributed by atoms with Crippen molar-refractivity contribution in [2.45, 2.75) is 61.3 Å². The molecule has 1 nitrogen and oxygen atoms in total. The van der Waals surface area contributed by atoms with Crippen LogP contribution in [0.5, 0.6) is 0 Å². The molecule has 0 aromatic carbocycles. The molecule has 0 aliphatic heterocycles. The Bertz CT molecular complexity index is 209. The Morgan fingerprint density at radius 1 is 0.875 bits per heavy atom. The van der Waals surface area contributed by atoms with E-state index in [0.717, 1.165) is 12.3 Å². The van der Waals surface area contributed by atoms with E-state index in [1.807, 2.05) is 0 Å². The Morgan fingerprint density at radius 3 is 1.69 bits per heavy atom. The maximum Gasteiger partial charge on any atom is 0.133 e. The molecule has 0 saturated heterocycles. The van der Waals surface area contributed by atoms with Crippen molar-refractivity contribution < 1.29 is 4.79 Å². The lowest BCUT2D eigenvalue weighted by molar-refractivity contribution is -0.123. The summed E-state index contributed by atoms with van der Waals surface area (Å²) >= 11 is 0. The van der Waals surface area contributed by atoms with Crippen LogP contribution in [0.15, 0.2) is 0 Å². The molecular formula is C15H30O. The van der Waals surface area contributed by atoms with Gasteiger partial charge in [0.25, 0.3) is 0 Å². The third kappa shape index (κ3) is 3.92. The van der Waals surface area contributed by atoms with Crippen molar-refractivity contribution in [3.8, 4) is 0 Å². The highest BCUT2D eigenvalue weighted by Gasteiger charge is 2.29. The van der Waals surface area contributed by atoms with Gasteiger partial charge in [-0.15, -0.1) is 0 Å². The third-order valence-electron chi connectivity index (χ3n) is 4.80. The molecule has 5 unspecified atom stereocenters. The quantitative estimate of drug-likeness (QED) is 0.622. The van der Waals surface area contributed by atoms with Crippen molar-refractivity contribution in [2.24, 2.45) is 29.6 Å². The predicted molar refractivity (Wildman–Crippen MR) is 71.4 cm³/mol. The van der Waals surface area contributed by atoms with Gasteiger partial charge in [0, 0.05) is 5.92 Å². The van der Waals surface area contributed by atoms with Crippen molar-refractivity contribution in [1.82, 2.24) is 0 Å². The third-order valence-corrected chi connectivity index (χ3v) is 4.80. The molecule has 1 heteroatoms. The van der Waals surface area contributed by atoms with Crippen LogP contribution in [0, 0.1) is 29.6 Å². The van der Waals surface area contributed by atoms with Crippen LogP contribution in [0.1, 0.15) is 61.3 Å². The summed E-state index contributed by atoms with van der Waals surface area (Å²) in [5, 5.41) is 0. The van der Waals surface area contributed by atoms with E-state index in [2.05, 4.69) is 41.5 Å². The van der Waals surface area contributed by atoms with Gasteiger partial charge in [-0.05, 0) is 37.0 Å². The van der Waals surface area contributed by atoms with Gasteiger partial charge in [-0.1, -0.05) is 48.0 Å². The lowest BCUT2D eigenvalue weighted by Gasteiger charge is -2.33. The Balaban J connectivity index is 4.57. The van der Waals surface area contributed by atoms with Crippen LogP contribution < -0.4 is 0 Å². The van der Waals surface area contributed by atoms with Crippen LogP contribution in [0.3, 0.4) is 0 Å². The number of rotatable bonds is 7. The van der Waals surface area contributed by atoms with Gasteiger partial charge in [-0.25, -0.2) is 0 Å². The molecule has 0 heterocycles. The number of hydrogen-bond donors (Lipinski definition) is 0. The summed E-state index contributed by atoms with van der Waals surface area (Å²) in [4.78, 5) is 11.6. The molecule has 0 bridgehead atoms. The fourth-order valence-corrected chi connectivity index (χ4v) is 2.76. The van der Waals surface area contributed by atoms with Crippen LogP contribution in [0.25, 0.3) is 0 Å². The Labute approximate surface area is 102 Å². The molecule has 0 rings (SSSR count). The van der Waals surface area contributed by atoms with Crippen molar-refractivity contribution in [2.75, 3.05) is 0 Å². The highest BCUT2D eigenvalue weighted by Crippen LogP contribution is 2.33. The molecule has 0 amide bonds. The molecule has 0 aliphatic carbocycles. The van der Waals surface area contributed by atoms with E-state index < -0.39 is 0 Å². The van der Waals surface area contributed by atoms with Crippen LogP contribution in [0.2, 0.25) is 0 Å². The highest BCUT2D eigenvalue weighted by molar-refractivity contribution is 5.78. The lowest BCUT2D eigenvalue weighted by atomic mass is 9.71. The topological polar surface area (TPSA) is 17.1 Å². The number of Topliss-reactive ketones (excluding diaryl/α,β-unsaturated/α-hetero) is 1. The first kappa shape index (κ1) is 15.7. The fraction of sp³-hybridized carbons (Fsp3) is 0.933. The van der Waals surface area contributed by atoms with Gasteiger partial charge in [0.1, 0.15) is 5.78 Å². The predicted octanol–water partition coefficient (Wildman–Crippen LogP) is 4.56. The van der Waals surface area contributed by atoms with E-state index in [4.69, 9.17) is 0 Å². The molecule has 0 aromatic heterocycles. The first-order valence-electron chi connectivity index (χ1n) is 6.87. The molecule has 0 spiro atoms. The number of carbonyl (C=O) groups excluding carboxylic acids is 1. The molecule has 0 N–H and O–H groups in total. The largest absolute Gasteiger partial charge is 0.300 e. The zero-order valence-corrected chi connectivity index (χ0v) is 12.2. The van der Waals surface area contributed by atoms with Crippen LogP contribution in [-0.2, 0) is 4.79 Å². The Hall–Kier alpha value is -0.330. The summed E-state index contributed by atoms with van der Waals surface area (Å²) < 4.78 is 0. The molecule has 5 atom stereocenters. The first-order valence-corrected chi connectivity index (χ1v) is 6.87. The first-order chi connectivity index (χ1) is 7.36. The van der Waals surface area contributed by atoms with Crippen molar-refractivity contribution in [3.05, 3.63) is 0 Å². The van der Waals surface area contributed by atoms with Gasteiger partial charge in [-0.2, -0.15) is 0 Å². The Kier molecular flexibility index (Phi) is 6.94. The minimum Gasteiger partial charge on any atom is -0.300 e. The summed E-state index contributed by atoms with van der Waals surface area (Å²) in [6, 6.07) is 0. The highest BCUT2D eigenvalue weighted by atomic mass is 16.1. The molecule has 96 valence electrons. The molecule has 0 saturated carbocycles. The number of ketones is 1. The Morgan fingerprint density at radius 2 is 1.38 bits per heavy atom. The summed E-state index contributed by atoms with van der Waals surface area (Å²) in [6.45, 7) is 15.3. The fourth-order valence-electron chi connectivity index (χ4n) is 2.76. The maximum absolute atomic E-state index is 11.6. The van der Waals surface area contributed by atoms with Crippen LogP contribution >= 0.6 is 0 Å². The minimum absolute atomic E-state index is 0.251. The maximum atomic E-state index is 11.6. The second-order valence-corrected chi connectivity index (χ2v) is 5.59. The minimum atomic E-state index is 0.251. The summed E-state index contributed by atoms with van der Waals surface area (Å²) in [6.07, 6.45) is 2.21. The zero-order chi connectivity index (χ0) is 12.9. The SMILES string of the molecule is CCC(C)C(C)C(C)C(C)C(CC)C(C)=O. The zero-order valence-electron chi connectivity index (χ0n) is 12.2. The van der Waals surface area contributed by atoms with Gasteiger partial charge >= 0.3 is 0 Å². The second kappa shape index (κ2) is 7.09. The van der Waals surface area contributed by atoms with Gasteiger partial charge in [0.05, 0.1) is 0 Å². The molecular weight excluding hydrogens is 196 g/mol. The van der Waals surface area contributed by atoms with Crippen molar-refractivity contribution in [1.29, 1.82) is 0 Å². The molecule has 0 aromatic rings. The van der Waals surface area contributed by atoms with E-state index in [9.17, 15) is 4.79 Å². The van der Waals surface area contributed by atoms with E-state index in [1.54, 1.807) is 6.92 Å². The summed E-state index contributed by atoms with van der Waals surface area (Å²) in [5.74, 6) is 3.20. The van der Waals surface area contributed by atoms with Gasteiger partial charge < -0.3 is 0 Å². The molecule has 16 heavy (non-hydrogen) atoms. The molecule has 0 fully saturated rings. The number of hydrogen-bond acceptors (Lipinski definition) is 1. The average molecular weight is 226 g/mol. The number of carbonyl (C=O) groups is 1. The molecule has 0 radical (unpaired) electrons. The van der Waals surface area contributed by atoms with Crippen LogP contribution in [-0.4, -0.2) is 5.78 Å². The summed E-state index contributed by atoms with van der Waals surface area (Å²) in [7, 11) is 0. The van der Waals surface area contributed by atoms with Crippen molar-refractivity contribution >= 4 is 5.78 Å². The van der Waals surface area contributed by atoms with E-state index in [1.165, 1.54) is 6.42 Å². The van der Waals surface area contributed by atoms with Crippen molar-refractivity contribution in [3.63, 3.8) is 0 Å². The lowest BCUT2D eigenvalue weighted by Crippen LogP contribution is -2.30. The van der Waals surface area contributed by atoms with Gasteiger partial charge in [0.15, 0.2) is 0 Å². The normalized spacial score (nSPS) is 20.9. The van der Waals surface area contributed by atoms with Gasteiger partial charge in [-0.3, -0.25) is 4.79 Å². The average Bonchev–Trinajstić information content (AvgIpc) is 2.26. The van der Waals surface area contributed by atoms with E-state index in [-0.39, 0.29) is 5.92 Å².